The molecule has 5 rings (SSSR count). The predicted molar refractivity (Wildman–Crippen MR) is 289 cm³/mol. The number of hydrogen-bond donors (Lipinski definition) is 6. The Morgan fingerprint density at radius 1 is 0.859 bits per heavy atom. The van der Waals surface area contributed by atoms with Crippen molar-refractivity contribution in [2.75, 3.05) is 41.9 Å². The summed E-state index contributed by atoms with van der Waals surface area (Å²) in [6.45, 7) is 17.7. The minimum atomic E-state index is -1.98. The molecule has 438 valence electrons. The Morgan fingerprint density at radius 3 is 2.13 bits per heavy atom. The number of rotatable bonds is 14. The van der Waals surface area contributed by atoms with Crippen molar-refractivity contribution in [1.82, 2.24) is 26.0 Å². The highest BCUT2D eigenvalue weighted by atomic mass is 16.7. The van der Waals surface area contributed by atoms with Gasteiger partial charge >= 0.3 is 18.2 Å². The zero-order valence-corrected chi connectivity index (χ0v) is 48.3. The van der Waals surface area contributed by atoms with E-state index in [-0.39, 0.29) is 43.9 Å². The van der Waals surface area contributed by atoms with E-state index in [0.717, 1.165) is 11.1 Å². The molecule has 0 aliphatic carbocycles. The van der Waals surface area contributed by atoms with E-state index in [2.05, 4.69) is 16.2 Å². The molecule has 0 spiro atoms. The van der Waals surface area contributed by atoms with Crippen LogP contribution < -0.4 is 20.9 Å². The molecule has 2 aromatic carbocycles. The molecular weight excluding hydrogens is 1010 g/mol. The SMILES string of the molecule is CC[C@@H]1OC(=O)[C@H](C)[C@@H](O[C@H]2C[C@@](C)(OC)[C@@H](OC(=O)NNC(=O)/C=C/c3ccccc3)[C@H](C)O2)[C@@H](C)[C@@H](O[C@@H]2O[C@H](C)C[C@H](N(C)C)[C@H]2O)[C@](C)(O)C[C@@H](C)CN(C)[C@H](C)[C@@H](OC(=O)NCc2ccc(OC)cc2)[C@]1(C)O. The first kappa shape index (κ1) is 63.9. The van der Waals surface area contributed by atoms with Crippen LogP contribution in [0.4, 0.5) is 9.59 Å². The van der Waals surface area contributed by atoms with E-state index in [1.54, 1.807) is 79.0 Å². The van der Waals surface area contributed by atoms with Gasteiger partial charge in [0.25, 0.3) is 5.91 Å². The lowest BCUT2D eigenvalue weighted by Gasteiger charge is -2.49. The van der Waals surface area contributed by atoms with E-state index in [1.807, 2.05) is 82.0 Å². The Bertz CT molecular complexity index is 2270. The summed E-state index contributed by atoms with van der Waals surface area (Å²) < 4.78 is 56.2. The van der Waals surface area contributed by atoms with Crippen LogP contribution in [0.3, 0.4) is 0 Å². The molecule has 0 aromatic heterocycles. The lowest BCUT2D eigenvalue weighted by Crippen LogP contribution is -2.61. The van der Waals surface area contributed by atoms with Gasteiger partial charge in [-0.15, -0.1) is 0 Å². The predicted octanol–water partition coefficient (Wildman–Crippen LogP) is 5.32. The van der Waals surface area contributed by atoms with Crippen LogP contribution in [-0.4, -0.2) is 181 Å². The van der Waals surface area contributed by atoms with Crippen LogP contribution in [0, 0.1) is 17.8 Å². The quantitative estimate of drug-likeness (QED) is 0.0606. The number of amides is 3. The van der Waals surface area contributed by atoms with E-state index in [1.165, 1.54) is 20.1 Å². The fourth-order valence-electron chi connectivity index (χ4n) is 11.3. The average Bonchev–Trinajstić information content (AvgIpc) is 3.40. The van der Waals surface area contributed by atoms with Gasteiger partial charge < -0.3 is 68.2 Å². The van der Waals surface area contributed by atoms with Crippen molar-refractivity contribution in [3.8, 4) is 5.75 Å². The van der Waals surface area contributed by atoms with E-state index in [4.69, 9.17) is 42.6 Å². The lowest BCUT2D eigenvalue weighted by molar-refractivity contribution is -0.317. The maximum Gasteiger partial charge on any atom is 0.426 e. The number of likely N-dealkylation sites (N-methyl/N-ethyl adjacent to an activating group) is 2. The molecule has 21 nitrogen and oxygen atoms in total. The van der Waals surface area contributed by atoms with E-state index >= 15 is 0 Å². The molecule has 3 saturated heterocycles. The molecule has 21 heteroatoms. The summed E-state index contributed by atoms with van der Waals surface area (Å²) >= 11 is 0. The van der Waals surface area contributed by atoms with Crippen molar-refractivity contribution in [3.05, 3.63) is 71.8 Å². The molecule has 3 aliphatic heterocycles. The number of carbonyl (C=O) groups is 4. The number of alkyl carbamates (subject to hydrolysis) is 1. The maximum atomic E-state index is 15.0. The van der Waals surface area contributed by atoms with Crippen molar-refractivity contribution < 1.29 is 77.1 Å². The van der Waals surface area contributed by atoms with E-state index in [9.17, 15) is 34.5 Å². The van der Waals surface area contributed by atoms with Gasteiger partial charge in [-0.2, -0.15) is 0 Å². The molecule has 78 heavy (non-hydrogen) atoms. The van der Waals surface area contributed by atoms with Crippen LogP contribution in [0.15, 0.2) is 60.7 Å². The lowest BCUT2D eigenvalue weighted by atomic mass is 9.77. The molecule has 3 amide bonds. The topological polar surface area (TPSA) is 255 Å². The van der Waals surface area contributed by atoms with Crippen LogP contribution in [0.25, 0.3) is 6.08 Å². The monoisotopic (exact) mass is 1100 g/mol. The van der Waals surface area contributed by atoms with E-state index in [0.29, 0.717) is 18.7 Å². The van der Waals surface area contributed by atoms with Crippen LogP contribution >= 0.6 is 0 Å². The van der Waals surface area contributed by atoms with Crippen LogP contribution in [-0.2, 0) is 54.0 Å². The highest BCUT2D eigenvalue weighted by molar-refractivity contribution is 5.92. The highest BCUT2D eigenvalue weighted by Gasteiger charge is 2.54. The molecule has 3 fully saturated rings. The van der Waals surface area contributed by atoms with Gasteiger partial charge in [0.2, 0.25) is 0 Å². The number of methoxy groups -OCH3 is 2. The Balaban J connectivity index is 1.49. The zero-order chi connectivity index (χ0) is 57.9. The van der Waals surface area contributed by atoms with Crippen molar-refractivity contribution >= 4 is 30.1 Å². The number of nitrogens with zero attached hydrogens (tertiary/aromatic N) is 2. The van der Waals surface area contributed by atoms with Gasteiger partial charge in [-0.05, 0) is 124 Å². The fraction of sp³-hybridized carbons (Fsp3) is 0.684. The summed E-state index contributed by atoms with van der Waals surface area (Å²) in [4.78, 5) is 58.3. The van der Waals surface area contributed by atoms with Gasteiger partial charge in [0, 0.05) is 50.7 Å². The summed E-state index contributed by atoms with van der Waals surface area (Å²) in [5, 5.41) is 40.3. The zero-order valence-electron chi connectivity index (χ0n) is 48.3. The second kappa shape index (κ2) is 28.0. The minimum Gasteiger partial charge on any atom is -0.497 e. The maximum absolute atomic E-state index is 15.0. The second-order valence-corrected chi connectivity index (χ2v) is 22.5. The number of ether oxygens (including phenoxy) is 9. The summed E-state index contributed by atoms with van der Waals surface area (Å²) in [6.07, 6.45) is -8.93. The van der Waals surface area contributed by atoms with Gasteiger partial charge in [0.15, 0.2) is 24.8 Å². The summed E-state index contributed by atoms with van der Waals surface area (Å²) in [7, 11) is 8.55. The first-order valence-electron chi connectivity index (χ1n) is 27.1. The first-order chi connectivity index (χ1) is 36.6. The largest absolute Gasteiger partial charge is 0.497 e. The molecule has 3 heterocycles. The van der Waals surface area contributed by atoms with Gasteiger partial charge in [0.1, 0.15) is 29.2 Å². The summed E-state index contributed by atoms with van der Waals surface area (Å²) in [5.74, 6) is -3.11. The molecule has 0 unspecified atom stereocenters. The average molecular weight is 1100 g/mol. The number of benzene rings is 2. The van der Waals surface area contributed by atoms with Crippen LogP contribution in [0.5, 0.6) is 5.75 Å². The van der Waals surface area contributed by atoms with Gasteiger partial charge in [-0.25, -0.2) is 15.0 Å². The number of aliphatic hydroxyl groups excluding tert-OH is 1. The van der Waals surface area contributed by atoms with Crippen molar-refractivity contribution in [1.29, 1.82) is 0 Å². The smallest absolute Gasteiger partial charge is 0.426 e. The number of hydrogen-bond acceptors (Lipinski definition) is 18. The minimum absolute atomic E-state index is 0.0511. The van der Waals surface area contributed by atoms with Gasteiger partial charge in [-0.1, -0.05) is 63.2 Å². The van der Waals surface area contributed by atoms with E-state index < -0.39 is 114 Å². The molecule has 0 saturated carbocycles. The third-order valence-electron chi connectivity index (χ3n) is 15.7. The molecule has 0 radical (unpaired) electrons. The van der Waals surface area contributed by atoms with Crippen molar-refractivity contribution in [2.45, 2.75) is 192 Å². The fourth-order valence-corrected chi connectivity index (χ4v) is 11.3. The molecule has 0 bridgehead atoms. The molecule has 6 N–H and O–H groups in total. The second-order valence-electron chi connectivity index (χ2n) is 22.5. The summed E-state index contributed by atoms with van der Waals surface area (Å²) in [6, 6.07) is 15.3. The highest BCUT2D eigenvalue weighted by Crippen LogP contribution is 2.41. The number of carbonyl (C=O) groups excluding carboxylic acids is 4. The number of cyclic esters (lactones) is 1. The normalized spacial score (nSPS) is 36.6. The summed E-state index contributed by atoms with van der Waals surface area (Å²) in [5.41, 5.74) is 1.18. The third kappa shape index (κ3) is 16.6. The first-order valence-corrected chi connectivity index (χ1v) is 27.1. The molecular formula is C57H89N5O16. The Hall–Kier alpha value is -4.94. The van der Waals surface area contributed by atoms with Crippen LogP contribution in [0.1, 0.15) is 106 Å². The van der Waals surface area contributed by atoms with Gasteiger partial charge in [0.05, 0.1) is 43.0 Å². The Morgan fingerprint density at radius 2 is 1.51 bits per heavy atom. The van der Waals surface area contributed by atoms with Crippen LogP contribution in [0.2, 0.25) is 0 Å². The number of nitrogens with one attached hydrogen (secondary N) is 3. The standard InChI is InChI=1S/C57H89N5O16/c1-16-43-57(10,69)49(77-53(66)58-31-40-22-25-41(70-14)26-23-40)37(6)62(13)32-33(2)29-55(8,68)48(76-52-46(64)42(61(11)12)28-34(3)72-52)35(4)47(36(5)51(65)74-43)75-45-30-56(9,71-15)50(38(7)73-45)78-54(67)60-59-44(63)27-24-39-20-18-17-19-21-39/h17-27,33-38,42-43,45-50,52,64,68-69H,16,28-32H2,1-15H3,(H,58,66)(H,59,63)(H,60,67)/b27-24+/t33-,34-,35-,36-,37-,38+,42+,43+,45+,46-,47+,48-,49-,50+,52+,55-,56-,57-/m1/s1. The Labute approximate surface area is 460 Å². The Kier molecular flexibility index (Phi) is 22.9. The number of esters is 1. The third-order valence-corrected chi connectivity index (χ3v) is 15.7. The van der Waals surface area contributed by atoms with Gasteiger partial charge in [-0.3, -0.25) is 19.9 Å². The number of hydrazine groups is 1. The molecule has 3 aliphatic rings. The molecule has 2 aromatic rings. The molecule has 18 atom stereocenters. The number of aliphatic hydroxyl groups is 3. The van der Waals surface area contributed by atoms with Crippen molar-refractivity contribution in [3.63, 3.8) is 0 Å². The van der Waals surface area contributed by atoms with Crippen molar-refractivity contribution in [2.24, 2.45) is 17.8 Å².